The van der Waals surface area contributed by atoms with Crippen molar-refractivity contribution in [3.05, 3.63) is 224 Å². The molecule has 0 aliphatic carbocycles. The summed E-state index contributed by atoms with van der Waals surface area (Å²) in [6.45, 7) is 0. The van der Waals surface area contributed by atoms with Crippen LogP contribution in [0.5, 0.6) is 0 Å². The van der Waals surface area contributed by atoms with E-state index < -0.39 is 0 Å². The number of rotatable bonds is 6. The van der Waals surface area contributed by atoms with Crippen molar-refractivity contribution in [2.24, 2.45) is 0 Å². The summed E-state index contributed by atoms with van der Waals surface area (Å²) in [5, 5.41) is 12.0. The Morgan fingerprint density at radius 1 is 0.300 bits per heavy atom. The molecule has 2 nitrogen and oxygen atoms in total. The van der Waals surface area contributed by atoms with Gasteiger partial charge in [0.1, 0.15) is 11.2 Å². The van der Waals surface area contributed by atoms with Crippen LogP contribution in [-0.2, 0) is 0 Å². The Labute approximate surface area is 347 Å². The summed E-state index contributed by atoms with van der Waals surface area (Å²) < 4.78 is 7.13. The van der Waals surface area contributed by atoms with Crippen LogP contribution in [0.4, 0.5) is 17.1 Å². The summed E-state index contributed by atoms with van der Waals surface area (Å²) in [5.74, 6) is 0. The van der Waals surface area contributed by atoms with E-state index in [1.165, 1.54) is 60.0 Å². The number of anilines is 3. The molecule has 0 radical (unpaired) electrons. The summed E-state index contributed by atoms with van der Waals surface area (Å²) in [6, 6.07) is 81.1. The molecule has 280 valence electrons. The lowest BCUT2D eigenvalue weighted by Crippen LogP contribution is -2.10. The van der Waals surface area contributed by atoms with E-state index in [0.29, 0.717) is 0 Å². The average molecular weight is 764 g/mol. The van der Waals surface area contributed by atoms with Crippen LogP contribution < -0.4 is 4.90 Å². The highest BCUT2D eigenvalue weighted by atomic mass is 16.3. The van der Waals surface area contributed by atoms with E-state index in [1.54, 1.807) is 0 Å². The van der Waals surface area contributed by atoms with Crippen LogP contribution in [-0.4, -0.2) is 0 Å². The molecular formula is C58H37NO. The van der Waals surface area contributed by atoms with Gasteiger partial charge >= 0.3 is 0 Å². The molecule has 12 rings (SSSR count). The summed E-state index contributed by atoms with van der Waals surface area (Å²) in [6.07, 6.45) is 0. The van der Waals surface area contributed by atoms with Crippen molar-refractivity contribution >= 4 is 82.1 Å². The van der Waals surface area contributed by atoms with E-state index in [2.05, 4.69) is 229 Å². The topological polar surface area (TPSA) is 16.4 Å². The zero-order chi connectivity index (χ0) is 39.6. The van der Waals surface area contributed by atoms with E-state index in [9.17, 15) is 0 Å². The van der Waals surface area contributed by atoms with Gasteiger partial charge in [0.15, 0.2) is 0 Å². The standard InChI is InChI=1S/C58H37NO/c1-3-16-38(17-4-1)39-30-32-42(33-31-39)59(43-34-35-51-49-26-12-11-24-47(49)48-25-13-14-27-50(48)52(51)37-43)54-28-15-29-55-57(54)56-45-22-8-7-20-41(45)36-53(58(56)60-55)46-23-10-9-21-44(46)40-18-5-2-6-19-40/h1-37H. The fraction of sp³-hybridized carbons (Fsp3) is 0. The molecule has 0 spiro atoms. The Bertz CT molecular complexity index is 3550. The van der Waals surface area contributed by atoms with Gasteiger partial charge in [-0.2, -0.15) is 0 Å². The molecule has 0 saturated carbocycles. The van der Waals surface area contributed by atoms with Crippen molar-refractivity contribution in [3.8, 4) is 33.4 Å². The van der Waals surface area contributed by atoms with Gasteiger partial charge in [0.2, 0.25) is 0 Å². The van der Waals surface area contributed by atoms with Gasteiger partial charge < -0.3 is 9.32 Å². The fourth-order valence-electron chi connectivity index (χ4n) is 9.52. The zero-order valence-corrected chi connectivity index (χ0v) is 32.7. The molecular weight excluding hydrogens is 727 g/mol. The van der Waals surface area contributed by atoms with Gasteiger partial charge in [-0.15, -0.1) is 0 Å². The molecule has 1 heterocycles. The van der Waals surface area contributed by atoms with Crippen LogP contribution >= 0.6 is 0 Å². The van der Waals surface area contributed by atoms with E-state index >= 15 is 0 Å². The number of furan rings is 1. The predicted octanol–water partition coefficient (Wildman–Crippen LogP) is 16.7. The zero-order valence-electron chi connectivity index (χ0n) is 32.7. The molecule has 0 fully saturated rings. The minimum atomic E-state index is 0.848. The van der Waals surface area contributed by atoms with Crippen molar-refractivity contribution in [2.45, 2.75) is 0 Å². The van der Waals surface area contributed by atoms with E-state index in [-0.39, 0.29) is 0 Å². The normalized spacial score (nSPS) is 11.7. The highest BCUT2D eigenvalue weighted by Crippen LogP contribution is 2.49. The fourth-order valence-corrected chi connectivity index (χ4v) is 9.52. The lowest BCUT2D eigenvalue weighted by molar-refractivity contribution is 0.670. The van der Waals surface area contributed by atoms with Crippen molar-refractivity contribution in [1.82, 2.24) is 0 Å². The van der Waals surface area contributed by atoms with Gasteiger partial charge in [0.25, 0.3) is 0 Å². The smallest absolute Gasteiger partial charge is 0.143 e. The highest BCUT2D eigenvalue weighted by molar-refractivity contribution is 6.28. The molecule has 0 saturated heterocycles. The third kappa shape index (κ3) is 5.42. The monoisotopic (exact) mass is 763 g/mol. The maximum absolute atomic E-state index is 7.13. The largest absolute Gasteiger partial charge is 0.455 e. The summed E-state index contributed by atoms with van der Waals surface area (Å²) in [5.41, 5.74) is 11.9. The van der Waals surface area contributed by atoms with Crippen molar-refractivity contribution < 1.29 is 4.42 Å². The third-order valence-electron chi connectivity index (χ3n) is 12.2. The van der Waals surface area contributed by atoms with Crippen molar-refractivity contribution in [3.63, 3.8) is 0 Å². The molecule has 0 aliphatic rings. The van der Waals surface area contributed by atoms with Gasteiger partial charge in [-0.1, -0.05) is 182 Å². The predicted molar refractivity (Wildman–Crippen MR) is 255 cm³/mol. The molecule has 60 heavy (non-hydrogen) atoms. The van der Waals surface area contributed by atoms with Crippen molar-refractivity contribution in [1.29, 1.82) is 0 Å². The van der Waals surface area contributed by atoms with Gasteiger partial charge in [-0.25, -0.2) is 0 Å². The summed E-state index contributed by atoms with van der Waals surface area (Å²) >= 11 is 0. The second-order valence-corrected chi connectivity index (χ2v) is 15.6. The number of hydrogen-bond acceptors (Lipinski definition) is 2. The first-order chi connectivity index (χ1) is 29.8. The van der Waals surface area contributed by atoms with Gasteiger partial charge in [0, 0.05) is 22.3 Å². The second-order valence-electron chi connectivity index (χ2n) is 15.6. The number of hydrogen-bond donors (Lipinski definition) is 0. The lowest BCUT2D eigenvalue weighted by atomic mass is 9.91. The van der Waals surface area contributed by atoms with Crippen LogP contribution in [0.2, 0.25) is 0 Å². The summed E-state index contributed by atoms with van der Waals surface area (Å²) in [7, 11) is 0. The molecule has 0 unspecified atom stereocenters. The molecule has 0 atom stereocenters. The number of nitrogens with zero attached hydrogens (tertiary/aromatic N) is 1. The lowest BCUT2D eigenvalue weighted by Gasteiger charge is -2.27. The highest BCUT2D eigenvalue weighted by Gasteiger charge is 2.24. The third-order valence-corrected chi connectivity index (χ3v) is 12.2. The second kappa shape index (κ2) is 13.9. The Hall–Kier alpha value is -7.94. The van der Waals surface area contributed by atoms with Gasteiger partial charge in [-0.05, 0) is 113 Å². The Morgan fingerprint density at radius 3 is 1.53 bits per heavy atom. The minimum absolute atomic E-state index is 0.848. The first kappa shape index (κ1) is 34.1. The average Bonchev–Trinajstić information content (AvgIpc) is 3.73. The minimum Gasteiger partial charge on any atom is -0.455 e. The van der Waals surface area contributed by atoms with Crippen LogP contribution in [0, 0.1) is 0 Å². The molecule has 2 heteroatoms. The molecule has 11 aromatic carbocycles. The van der Waals surface area contributed by atoms with Crippen LogP contribution in [0.1, 0.15) is 0 Å². The van der Waals surface area contributed by atoms with Crippen LogP contribution in [0.15, 0.2) is 229 Å². The molecule has 12 aromatic rings. The van der Waals surface area contributed by atoms with Crippen molar-refractivity contribution in [2.75, 3.05) is 4.90 Å². The molecule has 0 bridgehead atoms. The molecule has 0 amide bonds. The first-order valence-corrected chi connectivity index (χ1v) is 20.6. The van der Waals surface area contributed by atoms with Gasteiger partial charge in [-0.3, -0.25) is 0 Å². The quantitative estimate of drug-likeness (QED) is 0.157. The summed E-state index contributed by atoms with van der Waals surface area (Å²) in [4.78, 5) is 2.43. The van der Waals surface area contributed by atoms with E-state index in [0.717, 1.165) is 55.5 Å². The SMILES string of the molecule is c1ccc(-c2ccc(N(c3ccc4c5ccccc5c5ccccc5c4c3)c3cccc4oc5c(-c6ccccc6-c6ccccc6)cc6ccccc6c5c34)cc2)cc1. The molecule has 1 aromatic heterocycles. The molecule has 0 N–H and O–H groups in total. The van der Waals surface area contributed by atoms with Crippen LogP contribution in [0.25, 0.3) is 98.4 Å². The van der Waals surface area contributed by atoms with E-state index in [1.807, 2.05) is 0 Å². The van der Waals surface area contributed by atoms with Crippen LogP contribution in [0.3, 0.4) is 0 Å². The Kier molecular flexibility index (Phi) is 7.89. The maximum atomic E-state index is 7.13. The van der Waals surface area contributed by atoms with E-state index in [4.69, 9.17) is 4.42 Å². The molecule has 0 aliphatic heterocycles. The Balaban J connectivity index is 1.16. The number of fused-ring (bicyclic) bond motifs is 11. The number of benzene rings is 11. The van der Waals surface area contributed by atoms with Gasteiger partial charge in [0.05, 0.1) is 11.1 Å². The first-order valence-electron chi connectivity index (χ1n) is 20.6. The Morgan fingerprint density at radius 2 is 0.833 bits per heavy atom. The maximum Gasteiger partial charge on any atom is 0.143 e.